The van der Waals surface area contributed by atoms with Crippen LogP contribution in [0, 0.1) is 17.8 Å². The quantitative estimate of drug-likeness (QED) is 0.723. The van der Waals surface area contributed by atoms with Crippen LogP contribution in [0.3, 0.4) is 0 Å². The number of hydrogen-bond donors (Lipinski definition) is 2. The molecule has 1 aliphatic carbocycles. The van der Waals surface area contributed by atoms with E-state index in [1.54, 1.807) is 0 Å². The molecule has 0 aromatic heterocycles. The Kier molecular flexibility index (Phi) is 4.57. The summed E-state index contributed by atoms with van der Waals surface area (Å²) in [6.45, 7) is -0.199. The molecule has 0 bridgehead atoms. The number of rotatable bonds is 6. The minimum atomic E-state index is -3.02. The van der Waals surface area contributed by atoms with Crippen molar-refractivity contribution < 1.29 is 28.2 Å². The zero-order chi connectivity index (χ0) is 14.8. The van der Waals surface area contributed by atoms with Crippen LogP contribution in [-0.4, -0.2) is 42.7 Å². The summed E-state index contributed by atoms with van der Waals surface area (Å²) in [5.74, 6) is -7.27. The van der Waals surface area contributed by atoms with Crippen molar-refractivity contribution in [3.8, 4) is 0 Å². The molecule has 1 atom stereocenters. The first-order chi connectivity index (χ1) is 9.42. The SMILES string of the molecule is O=C(O)C(C(=O)NCC(F)(F)C1CCOCC1)C1CC1. The molecule has 0 radical (unpaired) electrons. The fourth-order valence-electron chi connectivity index (χ4n) is 2.54. The molecule has 114 valence electrons. The number of alkyl halides is 2. The lowest BCUT2D eigenvalue weighted by Crippen LogP contribution is -2.46. The average Bonchev–Trinajstić information content (AvgIpc) is 3.22. The summed E-state index contributed by atoms with van der Waals surface area (Å²) >= 11 is 0. The highest BCUT2D eigenvalue weighted by Gasteiger charge is 2.44. The van der Waals surface area contributed by atoms with Gasteiger partial charge in [-0.15, -0.1) is 0 Å². The van der Waals surface area contributed by atoms with Gasteiger partial charge >= 0.3 is 5.97 Å². The van der Waals surface area contributed by atoms with Crippen LogP contribution in [0.15, 0.2) is 0 Å². The van der Waals surface area contributed by atoms with Gasteiger partial charge in [-0.05, 0) is 31.6 Å². The summed E-state index contributed by atoms with van der Waals surface area (Å²) in [6, 6.07) is 0. The van der Waals surface area contributed by atoms with E-state index in [4.69, 9.17) is 9.84 Å². The average molecular weight is 291 g/mol. The van der Waals surface area contributed by atoms with Crippen molar-refractivity contribution in [1.29, 1.82) is 0 Å². The molecule has 2 fully saturated rings. The molecule has 5 nitrogen and oxygen atoms in total. The Bertz CT molecular complexity index is 379. The van der Waals surface area contributed by atoms with Crippen molar-refractivity contribution in [3.05, 3.63) is 0 Å². The molecule has 2 rings (SSSR count). The number of nitrogens with one attached hydrogen (secondary N) is 1. The predicted octanol–water partition coefficient (Wildman–Crippen LogP) is 1.28. The van der Waals surface area contributed by atoms with Crippen LogP contribution in [0.4, 0.5) is 8.78 Å². The Morgan fingerprint density at radius 3 is 2.35 bits per heavy atom. The minimum Gasteiger partial charge on any atom is -0.481 e. The van der Waals surface area contributed by atoms with Crippen molar-refractivity contribution in [2.75, 3.05) is 19.8 Å². The van der Waals surface area contributed by atoms with Gasteiger partial charge in [-0.25, -0.2) is 8.78 Å². The van der Waals surface area contributed by atoms with E-state index in [0.717, 1.165) is 0 Å². The molecule has 2 N–H and O–H groups in total. The van der Waals surface area contributed by atoms with Gasteiger partial charge in [0.25, 0.3) is 5.92 Å². The van der Waals surface area contributed by atoms with E-state index in [2.05, 4.69) is 5.32 Å². The van der Waals surface area contributed by atoms with Gasteiger partial charge in [0.2, 0.25) is 5.91 Å². The van der Waals surface area contributed by atoms with E-state index in [1.165, 1.54) is 0 Å². The first kappa shape index (κ1) is 15.2. The Hall–Kier alpha value is -1.24. The van der Waals surface area contributed by atoms with Gasteiger partial charge in [-0.2, -0.15) is 0 Å². The molecular weight excluding hydrogens is 272 g/mol. The van der Waals surface area contributed by atoms with Crippen LogP contribution in [0.25, 0.3) is 0 Å². The van der Waals surface area contributed by atoms with E-state index in [1.807, 2.05) is 0 Å². The summed E-state index contributed by atoms with van der Waals surface area (Å²) in [6.07, 6.45) is 1.85. The zero-order valence-corrected chi connectivity index (χ0v) is 11.1. The molecule has 0 aromatic rings. The highest BCUT2D eigenvalue weighted by molar-refractivity contribution is 5.97. The number of halogens is 2. The summed E-state index contributed by atoms with van der Waals surface area (Å²) < 4.78 is 32.9. The highest BCUT2D eigenvalue weighted by Crippen LogP contribution is 2.37. The molecule has 2 aliphatic rings. The Balaban J connectivity index is 1.86. The maximum atomic E-state index is 13.9. The largest absolute Gasteiger partial charge is 0.481 e. The Morgan fingerprint density at radius 1 is 1.25 bits per heavy atom. The summed E-state index contributed by atoms with van der Waals surface area (Å²) in [5.41, 5.74) is 0. The number of hydrogen-bond acceptors (Lipinski definition) is 3. The summed E-state index contributed by atoms with van der Waals surface area (Å²) in [4.78, 5) is 22.7. The van der Waals surface area contributed by atoms with Gasteiger partial charge in [0.05, 0.1) is 6.54 Å². The molecule has 1 saturated heterocycles. The van der Waals surface area contributed by atoms with Crippen LogP contribution in [-0.2, 0) is 14.3 Å². The number of carboxylic acid groups (broad SMARTS) is 1. The van der Waals surface area contributed by atoms with Gasteiger partial charge in [-0.1, -0.05) is 0 Å². The summed E-state index contributed by atoms with van der Waals surface area (Å²) in [7, 11) is 0. The number of amides is 1. The fraction of sp³-hybridized carbons (Fsp3) is 0.846. The van der Waals surface area contributed by atoms with Crippen LogP contribution < -0.4 is 5.32 Å². The fourth-order valence-corrected chi connectivity index (χ4v) is 2.54. The van der Waals surface area contributed by atoms with Crippen LogP contribution in [0.1, 0.15) is 25.7 Å². The molecule has 1 unspecified atom stereocenters. The molecule has 0 aromatic carbocycles. The molecule has 1 saturated carbocycles. The van der Waals surface area contributed by atoms with Gasteiger partial charge in [0.15, 0.2) is 0 Å². The van der Waals surface area contributed by atoms with E-state index in [0.29, 0.717) is 26.1 Å². The Morgan fingerprint density at radius 2 is 1.85 bits per heavy atom. The minimum absolute atomic E-state index is 0.204. The number of aliphatic carboxylic acids is 1. The van der Waals surface area contributed by atoms with Gasteiger partial charge in [-0.3, -0.25) is 9.59 Å². The van der Waals surface area contributed by atoms with Crippen molar-refractivity contribution >= 4 is 11.9 Å². The van der Waals surface area contributed by atoms with Crippen LogP contribution >= 0.6 is 0 Å². The maximum Gasteiger partial charge on any atom is 0.316 e. The topological polar surface area (TPSA) is 75.6 Å². The maximum absolute atomic E-state index is 13.9. The predicted molar refractivity (Wildman–Crippen MR) is 65.3 cm³/mol. The lowest BCUT2D eigenvalue weighted by molar-refractivity contribution is -0.149. The molecule has 20 heavy (non-hydrogen) atoms. The smallest absolute Gasteiger partial charge is 0.316 e. The number of carbonyl (C=O) groups excluding carboxylic acids is 1. The van der Waals surface area contributed by atoms with E-state index in [9.17, 15) is 18.4 Å². The molecule has 1 aliphatic heterocycles. The standard InChI is InChI=1S/C13H19F2NO4/c14-13(15,9-3-5-20-6-4-9)7-16-11(17)10(12(18)19)8-1-2-8/h8-10H,1-7H2,(H,16,17)(H,18,19). The van der Waals surface area contributed by atoms with Crippen molar-refractivity contribution in [3.63, 3.8) is 0 Å². The van der Waals surface area contributed by atoms with Crippen molar-refractivity contribution in [2.45, 2.75) is 31.6 Å². The summed E-state index contributed by atoms with van der Waals surface area (Å²) in [5, 5.41) is 11.1. The second kappa shape index (κ2) is 6.03. The molecule has 0 spiro atoms. The van der Waals surface area contributed by atoms with E-state index >= 15 is 0 Å². The zero-order valence-electron chi connectivity index (χ0n) is 11.1. The third-order valence-corrected chi connectivity index (χ3v) is 3.96. The Labute approximate surface area is 115 Å². The lowest BCUT2D eigenvalue weighted by Gasteiger charge is -2.30. The third kappa shape index (κ3) is 3.65. The lowest BCUT2D eigenvalue weighted by atomic mass is 9.92. The second-order valence-electron chi connectivity index (χ2n) is 5.52. The first-order valence-corrected chi connectivity index (χ1v) is 6.88. The third-order valence-electron chi connectivity index (χ3n) is 3.96. The monoisotopic (exact) mass is 291 g/mol. The molecular formula is C13H19F2NO4. The van der Waals surface area contributed by atoms with Crippen LogP contribution in [0.2, 0.25) is 0 Å². The van der Waals surface area contributed by atoms with Crippen LogP contribution in [0.5, 0.6) is 0 Å². The molecule has 1 heterocycles. The number of carboxylic acids is 1. The normalized spacial score (nSPS) is 22.3. The van der Waals surface area contributed by atoms with Gasteiger partial charge < -0.3 is 15.2 Å². The van der Waals surface area contributed by atoms with Gasteiger partial charge in [0, 0.05) is 19.1 Å². The number of carbonyl (C=O) groups is 2. The van der Waals surface area contributed by atoms with E-state index < -0.39 is 36.2 Å². The van der Waals surface area contributed by atoms with E-state index in [-0.39, 0.29) is 18.8 Å². The molecule has 1 amide bonds. The van der Waals surface area contributed by atoms with Crippen molar-refractivity contribution in [1.82, 2.24) is 5.32 Å². The highest BCUT2D eigenvalue weighted by atomic mass is 19.3. The number of ether oxygens (including phenoxy) is 1. The molecule has 7 heteroatoms. The van der Waals surface area contributed by atoms with Crippen molar-refractivity contribution in [2.24, 2.45) is 17.8 Å². The van der Waals surface area contributed by atoms with Gasteiger partial charge in [0.1, 0.15) is 5.92 Å². The second-order valence-corrected chi connectivity index (χ2v) is 5.52. The first-order valence-electron chi connectivity index (χ1n) is 6.88.